The van der Waals surface area contributed by atoms with Crippen LogP contribution in [0.1, 0.15) is 46.1 Å². The van der Waals surface area contributed by atoms with E-state index in [1.807, 2.05) is 44.2 Å². The standard InChI is InChI=1S/C31H41ClN2O9/c1-17-10-9-11-24(39-7)31(40-8)16-23(42-29(37)33-31)18(2)28-30(4,43-28)25(41-19(3)35)15-26(36)34(5)21-13-20(12-17)14-22(38-6)27(21)32/h9-11,13-14,18,23-25,28H,12,15-16H2,1-8H3,(H,33,37)/b11-9+,17-10+. The monoisotopic (exact) mass is 620 g/mol. The lowest BCUT2D eigenvalue weighted by atomic mass is 9.83. The molecule has 1 aromatic carbocycles. The Hall–Kier alpha value is -3.12. The highest BCUT2D eigenvalue weighted by Gasteiger charge is 2.64. The van der Waals surface area contributed by atoms with E-state index >= 15 is 0 Å². The van der Waals surface area contributed by atoms with E-state index < -0.39 is 47.8 Å². The lowest BCUT2D eigenvalue weighted by Crippen LogP contribution is -2.64. The van der Waals surface area contributed by atoms with Crippen LogP contribution in [0, 0.1) is 5.92 Å². The van der Waals surface area contributed by atoms with Gasteiger partial charge in [0.2, 0.25) is 5.91 Å². The first-order valence-corrected chi connectivity index (χ1v) is 14.5. The number of amides is 2. The van der Waals surface area contributed by atoms with Gasteiger partial charge >= 0.3 is 12.1 Å². The van der Waals surface area contributed by atoms with Gasteiger partial charge in [0.05, 0.1) is 25.3 Å². The zero-order valence-electron chi connectivity index (χ0n) is 25.9. The van der Waals surface area contributed by atoms with Crippen LogP contribution in [-0.4, -0.2) is 82.1 Å². The van der Waals surface area contributed by atoms with E-state index in [9.17, 15) is 14.4 Å². The number of epoxide rings is 1. The smallest absolute Gasteiger partial charge is 0.409 e. The van der Waals surface area contributed by atoms with Crippen molar-refractivity contribution in [3.05, 3.63) is 46.5 Å². The number of nitrogens with zero attached hydrogens (tertiary/aromatic N) is 1. The Kier molecular flexibility index (Phi) is 9.80. The number of hydrogen-bond acceptors (Lipinski definition) is 9. The number of esters is 1. The molecule has 0 saturated carbocycles. The number of carbonyl (C=O) groups is 3. The Bertz CT molecular complexity index is 1320. The third kappa shape index (κ3) is 6.69. The molecule has 1 N–H and O–H groups in total. The summed E-state index contributed by atoms with van der Waals surface area (Å²) in [7, 11) is 6.18. The minimum absolute atomic E-state index is 0.165. The first kappa shape index (κ1) is 32.8. The molecular weight excluding hydrogens is 580 g/mol. The van der Waals surface area contributed by atoms with Crippen LogP contribution in [0.2, 0.25) is 5.02 Å². The van der Waals surface area contributed by atoms with Crippen LogP contribution in [0.15, 0.2) is 35.9 Å². The van der Waals surface area contributed by atoms with Gasteiger partial charge in [0.25, 0.3) is 0 Å². The predicted molar refractivity (Wildman–Crippen MR) is 159 cm³/mol. The van der Waals surface area contributed by atoms with Crippen molar-refractivity contribution < 1.29 is 42.8 Å². The number of nitrogens with one attached hydrogen (secondary N) is 1. The molecule has 0 spiro atoms. The van der Waals surface area contributed by atoms with Crippen molar-refractivity contribution in [3.8, 4) is 5.75 Å². The summed E-state index contributed by atoms with van der Waals surface area (Å²) in [5.41, 5.74) is 0.103. The van der Waals surface area contributed by atoms with Crippen molar-refractivity contribution in [1.82, 2.24) is 5.32 Å². The number of ether oxygens (including phenoxy) is 6. The fourth-order valence-corrected chi connectivity index (χ4v) is 6.35. The lowest BCUT2D eigenvalue weighted by molar-refractivity contribution is -0.161. The van der Waals surface area contributed by atoms with E-state index in [-0.39, 0.29) is 29.7 Å². The van der Waals surface area contributed by atoms with Crippen molar-refractivity contribution in [1.29, 1.82) is 0 Å². The molecule has 2 fully saturated rings. The predicted octanol–water partition coefficient (Wildman–Crippen LogP) is 4.34. The fourth-order valence-electron chi connectivity index (χ4n) is 6.04. The molecule has 0 aliphatic carbocycles. The van der Waals surface area contributed by atoms with Crippen LogP contribution in [0.3, 0.4) is 0 Å². The molecule has 3 aliphatic rings. The second-order valence-electron chi connectivity index (χ2n) is 11.6. The fraction of sp³-hybridized carbons (Fsp3) is 0.581. The van der Waals surface area contributed by atoms with Gasteiger partial charge in [0.15, 0.2) is 5.72 Å². The van der Waals surface area contributed by atoms with Crippen molar-refractivity contribution >= 4 is 35.3 Å². The van der Waals surface area contributed by atoms with Gasteiger partial charge in [-0.25, -0.2) is 4.79 Å². The molecule has 2 saturated heterocycles. The van der Waals surface area contributed by atoms with Crippen molar-refractivity contribution in [2.45, 2.75) is 82.7 Å². The number of alkyl carbamates (subject to hydrolysis) is 1. The van der Waals surface area contributed by atoms with E-state index in [1.54, 1.807) is 21.1 Å². The molecule has 4 rings (SSSR count). The normalized spacial score (nSPS) is 35.0. The number of anilines is 1. The highest BCUT2D eigenvalue weighted by molar-refractivity contribution is 6.35. The Morgan fingerprint density at radius 2 is 1.93 bits per heavy atom. The van der Waals surface area contributed by atoms with Gasteiger partial charge in [-0.2, -0.15) is 0 Å². The Morgan fingerprint density at radius 3 is 2.56 bits per heavy atom. The number of halogens is 1. The van der Waals surface area contributed by atoms with Gasteiger partial charge in [-0.1, -0.05) is 42.3 Å². The molecule has 11 nitrogen and oxygen atoms in total. The highest BCUT2D eigenvalue weighted by atomic mass is 35.5. The summed E-state index contributed by atoms with van der Waals surface area (Å²) >= 11 is 6.67. The number of hydrogen-bond donors (Lipinski definition) is 1. The second-order valence-corrected chi connectivity index (χ2v) is 11.9. The van der Waals surface area contributed by atoms with E-state index in [2.05, 4.69) is 5.32 Å². The summed E-state index contributed by atoms with van der Waals surface area (Å²) in [6.45, 7) is 6.94. The summed E-state index contributed by atoms with van der Waals surface area (Å²) in [5.74, 6) is -0.807. The van der Waals surface area contributed by atoms with E-state index in [0.717, 1.165) is 11.1 Å². The van der Waals surface area contributed by atoms with Gasteiger partial charge in [0.1, 0.15) is 34.7 Å². The third-order valence-corrected chi connectivity index (χ3v) is 8.98. The number of allylic oxidation sites excluding steroid dienone is 3. The molecule has 12 heteroatoms. The summed E-state index contributed by atoms with van der Waals surface area (Å²) in [6, 6.07) is 3.67. The number of benzene rings is 1. The average molecular weight is 621 g/mol. The SMILES string of the molecule is COc1cc2cc(c1Cl)N(C)C(=O)CC(OC(C)=O)C1(C)OC1C(C)C1CC(OC)(NC(=O)O1)C(OC)/C=C/C=C(\C)C2. The molecule has 43 heavy (non-hydrogen) atoms. The van der Waals surface area contributed by atoms with Crippen LogP contribution >= 0.6 is 11.6 Å². The summed E-state index contributed by atoms with van der Waals surface area (Å²) < 4.78 is 34.8. The number of fused-ring (bicyclic) bond motifs is 5. The van der Waals surface area contributed by atoms with Crippen LogP contribution in [0.5, 0.6) is 5.75 Å². The van der Waals surface area contributed by atoms with Crippen LogP contribution in [-0.2, 0) is 39.7 Å². The second kappa shape index (κ2) is 12.9. The van der Waals surface area contributed by atoms with Crippen LogP contribution in [0.4, 0.5) is 10.5 Å². The number of rotatable bonds is 4. The maximum Gasteiger partial charge on any atom is 0.409 e. The van der Waals surface area contributed by atoms with Gasteiger partial charge in [-0.15, -0.1) is 0 Å². The van der Waals surface area contributed by atoms with Crippen molar-refractivity contribution in [3.63, 3.8) is 0 Å². The number of methoxy groups -OCH3 is 3. The highest BCUT2D eigenvalue weighted by Crippen LogP contribution is 2.49. The lowest BCUT2D eigenvalue weighted by Gasteiger charge is -2.44. The minimum Gasteiger partial charge on any atom is -0.495 e. The third-order valence-electron chi connectivity index (χ3n) is 8.60. The van der Waals surface area contributed by atoms with Crippen molar-refractivity contribution in [2.24, 2.45) is 5.92 Å². The molecule has 0 radical (unpaired) electrons. The molecule has 3 heterocycles. The molecular formula is C31H41ClN2O9. The summed E-state index contributed by atoms with van der Waals surface area (Å²) in [4.78, 5) is 40.1. The summed E-state index contributed by atoms with van der Waals surface area (Å²) in [6.07, 6.45) is 2.90. The quantitative estimate of drug-likeness (QED) is 0.386. The first-order valence-electron chi connectivity index (χ1n) is 14.2. The maximum atomic E-state index is 13.7. The molecule has 7 atom stereocenters. The zero-order chi connectivity index (χ0) is 31.7. The topological polar surface area (TPSA) is 125 Å². The van der Waals surface area contributed by atoms with E-state index in [4.69, 9.17) is 40.0 Å². The van der Waals surface area contributed by atoms with E-state index in [0.29, 0.717) is 17.9 Å². The van der Waals surface area contributed by atoms with Gasteiger partial charge in [-0.05, 0) is 38.0 Å². The molecule has 2 amide bonds. The van der Waals surface area contributed by atoms with Crippen LogP contribution in [0.25, 0.3) is 0 Å². The summed E-state index contributed by atoms with van der Waals surface area (Å²) in [5, 5.41) is 3.10. The molecule has 3 aliphatic heterocycles. The molecule has 0 aromatic heterocycles. The zero-order valence-corrected chi connectivity index (χ0v) is 26.7. The molecule has 4 bridgehead atoms. The average Bonchev–Trinajstić information content (AvgIpc) is 3.66. The van der Waals surface area contributed by atoms with Crippen LogP contribution < -0.4 is 15.0 Å². The Morgan fingerprint density at radius 1 is 1.21 bits per heavy atom. The van der Waals surface area contributed by atoms with Gasteiger partial charge < -0.3 is 33.3 Å². The van der Waals surface area contributed by atoms with Gasteiger partial charge in [0, 0.05) is 40.5 Å². The maximum absolute atomic E-state index is 13.7. The van der Waals surface area contributed by atoms with Gasteiger partial charge in [-0.3, -0.25) is 14.9 Å². The molecule has 1 aromatic rings. The Balaban J connectivity index is 1.81. The largest absolute Gasteiger partial charge is 0.495 e. The minimum atomic E-state index is -1.22. The Labute approximate surface area is 257 Å². The van der Waals surface area contributed by atoms with E-state index in [1.165, 1.54) is 26.0 Å². The number of carbonyl (C=O) groups excluding carboxylic acids is 3. The first-order chi connectivity index (χ1) is 20.3. The molecule has 236 valence electrons. The molecule has 7 unspecified atom stereocenters. The van der Waals surface area contributed by atoms with Crippen molar-refractivity contribution in [2.75, 3.05) is 33.3 Å².